The Balaban J connectivity index is 2.85. The predicted octanol–water partition coefficient (Wildman–Crippen LogP) is 0.299. The zero-order valence-corrected chi connectivity index (χ0v) is 6.59. The minimum Gasteiger partial charge on any atom is -0.397 e. The van der Waals surface area contributed by atoms with Gasteiger partial charge in [-0.3, -0.25) is 4.79 Å². The molecule has 4 nitrogen and oxygen atoms in total. The first-order valence-corrected chi connectivity index (χ1v) is 3.27. The maximum absolute atomic E-state index is 11.2. The van der Waals surface area contributed by atoms with E-state index in [1.54, 1.807) is 26.4 Å². The van der Waals surface area contributed by atoms with Gasteiger partial charge in [-0.15, -0.1) is 0 Å². The number of aromatic nitrogens is 1. The molecule has 1 heterocycles. The molecular formula is C7H11N3O. The molecule has 0 aromatic carbocycles. The van der Waals surface area contributed by atoms with Gasteiger partial charge in [0.25, 0.3) is 5.91 Å². The Morgan fingerprint density at radius 2 is 2.27 bits per heavy atom. The van der Waals surface area contributed by atoms with E-state index in [2.05, 4.69) is 4.98 Å². The summed E-state index contributed by atoms with van der Waals surface area (Å²) in [5.74, 6) is -0.0679. The summed E-state index contributed by atoms with van der Waals surface area (Å²) in [6.45, 7) is 0. The van der Waals surface area contributed by atoms with Gasteiger partial charge in [0.15, 0.2) is 0 Å². The lowest BCUT2D eigenvalue weighted by Gasteiger charge is -2.07. The molecule has 1 amide bonds. The summed E-state index contributed by atoms with van der Waals surface area (Å²) in [5.41, 5.74) is 6.51. The van der Waals surface area contributed by atoms with E-state index in [9.17, 15) is 4.79 Å². The lowest BCUT2D eigenvalue weighted by atomic mass is 10.4. The number of nitrogens with one attached hydrogen (secondary N) is 1. The number of anilines is 1. The van der Waals surface area contributed by atoms with E-state index in [-0.39, 0.29) is 5.91 Å². The van der Waals surface area contributed by atoms with Gasteiger partial charge in [-0.05, 0) is 6.07 Å². The molecule has 1 rings (SSSR count). The summed E-state index contributed by atoms with van der Waals surface area (Å²) >= 11 is 0. The lowest BCUT2D eigenvalue weighted by molar-refractivity contribution is 0.0822. The molecule has 0 saturated carbocycles. The molecule has 1 aromatic heterocycles. The van der Waals surface area contributed by atoms with Crippen LogP contribution in [0, 0.1) is 0 Å². The first kappa shape index (κ1) is 7.65. The third kappa shape index (κ3) is 1.52. The molecular weight excluding hydrogens is 142 g/mol. The van der Waals surface area contributed by atoms with Crippen LogP contribution in [0.1, 0.15) is 10.5 Å². The van der Waals surface area contributed by atoms with E-state index < -0.39 is 0 Å². The number of nitrogens with two attached hydrogens (primary N) is 1. The van der Waals surface area contributed by atoms with Gasteiger partial charge >= 0.3 is 0 Å². The molecule has 0 aliphatic rings. The van der Waals surface area contributed by atoms with Crippen molar-refractivity contribution in [2.24, 2.45) is 0 Å². The van der Waals surface area contributed by atoms with Crippen LogP contribution in [-0.2, 0) is 0 Å². The maximum Gasteiger partial charge on any atom is 0.269 e. The number of carbonyl (C=O) groups excluding carboxylic acids is 1. The topological polar surface area (TPSA) is 62.1 Å². The van der Waals surface area contributed by atoms with Gasteiger partial charge in [0.2, 0.25) is 0 Å². The first-order chi connectivity index (χ1) is 5.11. The number of H-pyrrole nitrogens is 1. The average molecular weight is 153 g/mol. The third-order valence-electron chi connectivity index (χ3n) is 1.34. The molecule has 0 aliphatic heterocycles. The molecule has 1 aromatic rings. The Morgan fingerprint density at radius 3 is 2.64 bits per heavy atom. The first-order valence-electron chi connectivity index (χ1n) is 3.27. The van der Waals surface area contributed by atoms with Crippen molar-refractivity contribution in [1.82, 2.24) is 9.88 Å². The summed E-state index contributed by atoms with van der Waals surface area (Å²) in [4.78, 5) is 15.5. The summed E-state index contributed by atoms with van der Waals surface area (Å²) in [6.07, 6.45) is 1.59. The number of hydrogen-bond acceptors (Lipinski definition) is 2. The molecule has 0 saturated heterocycles. The Kier molecular flexibility index (Phi) is 1.85. The van der Waals surface area contributed by atoms with Crippen molar-refractivity contribution in [2.75, 3.05) is 19.8 Å². The highest BCUT2D eigenvalue weighted by Crippen LogP contribution is 2.05. The Morgan fingerprint density at radius 1 is 1.64 bits per heavy atom. The average Bonchev–Trinajstić information content (AvgIpc) is 2.34. The second kappa shape index (κ2) is 2.65. The van der Waals surface area contributed by atoms with Gasteiger partial charge in [-0.1, -0.05) is 0 Å². The van der Waals surface area contributed by atoms with Gasteiger partial charge in [-0.2, -0.15) is 0 Å². The highest BCUT2D eigenvalue weighted by Gasteiger charge is 2.08. The summed E-state index contributed by atoms with van der Waals surface area (Å²) in [6, 6.07) is 1.61. The Labute approximate surface area is 65.0 Å². The fourth-order valence-corrected chi connectivity index (χ4v) is 0.775. The number of nitrogens with zero attached hydrogens (tertiary/aromatic N) is 1. The van der Waals surface area contributed by atoms with Crippen molar-refractivity contribution in [3.05, 3.63) is 18.0 Å². The van der Waals surface area contributed by atoms with Crippen LogP contribution in [0.3, 0.4) is 0 Å². The molecule has 0 radical (unpaired) electrons. The van der Waals surface area contributed by atoms with E-state index in [0.29, 0.717) is 11.4 Å². The Hall–Kier alpha value is -1.45. The number of carbonyl (C=O) groups is 1. The molecule has 0 spiro atoms. The predicted molar refractivity (Wildman–Crippen MR) is 43.2 cm³/mol. The normalized spacial score (nSPS) is 9.64. The van der Waals surface area contributed by atoms with E-state index >= 15 is 0 Å². The van der Waals surface area contributed by atoms with Crippen LogP contribution in [-0.4, -0.2) is 29.9 Å². The zero-order valence-electron chi connectivity index (χ0n) is 6.59. The number of nitrogen functional groups attached to an aromatic ring is 1. The minimum absolute atomic E-state index is 0.0679. The van der Waals surface area contributed by atoms with Gasteiger partial charge in [0.05, 0.1) is 0 Å². The zero-order chi connectivity index (χ0) is 8.43. The van der Waals surface area contributed by atoms with Crippen molar-refractivity contribution in [2.45, 2.75) is 0 Å². The van der Waals surface area contributed by atoms with Gasteiger partial charge < -0.3 is 15.6 Å². The van der Waals surface area contributed by atoms with E-state index in [0.717, 1.165) is 0 Å². The van der Waals surface area contributed by atoms with Crippen LogP contribution in [0.15, 0.2) is 12.3 Å². The number of amides is 1. The van der Waals surface area contributed by atoms with Crippen LogP contribution >= 0.6 is 0 Å². The molecule has 0 bridgehead atoms. The number of rotatable bonds is 1. The van der Waals surface area contributed by atoms with Crippen LogP contribution in [0.4, 0.5) is 5.69 Å². The molecule has 0 fully saturated rings. The number of aromatic amines is 1. The van der Waals surface area contributed by atoms with E-state index in [1.807, 2.05) is 0 Å². The van der Waals surface area contributed by atoms with Gasteiger partial charge in [0, 0.05) is 26.0 Å². The molecule has 11 heavy (non-hydrogen) atoms. The van der Waals surface area contributed by atoms with Crippen molar-refractivity contribution < 1.29 is 4.79 Å². The highest BCUT2D eigenvalue weighted by atomic mass is 16.2. The van der Waals surface area contributed by atoms with Crippen molar-refractivity contribution in [1.29, 1.82) is 0 Å². The van der Waals surface area contributed by atoms with E-state index in [1.165, 1.54) is 4.90 Å². The van der Waals surface area contributed by atoms with Gasteiger partial charge in [-0.25, -0.2) is 0 Å². The van der Waals surface area contributed by atoms with Gasteiger partial charge in [0.1, 0.15) is 5.69 Å². The van der Waals surface area contributed by atoms with Crippen molar-refractivity contribution in [3.63, 3.8) is 0 Å². The standard InChI is InChI=1S/C7H11N3O/c1-10(2)7(11)6-3-5(8)4-9-6/h3-4,9H,8H2,1-2H3. The van der Waals surface area contributed by atoms with Crippen molar-refractivity contribution >= 4 is 11.6 Å². The molecule has 4 heteroatoms. The Bertz CT molecular complexity index is 264. The maximum atomic E-state index is 11.2. The molecule has 3 N–H and O–H groups in total. The smallest absolute Gasteiger partial charge is 0.269 e. The fourth-order valence-electron chi connectivity index (χ4n) is 0.775. The van der Waals surface area contributed by atoms with Crippen molar-refractivity contribution in [3.8, 4) is 0 Å². The van der Waals surface area contributed by atoms with Crippen LogP contribution in [0.2, 0.25) is 0 Å². The lowest BCUT2D eigenvalue weighted by Crippen LogP contribution is -2.21. The minimum atomic E-state index is -0.0679. The number of hydrogen-bond donors (Lipinski definition) is 2. The second-order valence-corrected chi connectivity index (χ2v) is 2.55. The fraction of sp³-hybridized carbons (Fsp3) is 0.286. The SMILES string of the molecule is CN(C)C(=O)c1cc(N)c[nH]1. The highest BCUT2D eigenvalue weighted by molar-refractivity contribution is 5.93. The van der Waals surface area contributed by atoms with E-state index in [4.69, 9.17) is 5.73 Å². The van der Waals surface area contributed by atoms with Crippen LogP contribution in [0.5, 0.6) is 0 Å². The summed E-state index contributed by atoms with van der Waals surface area (Å²) in [7, 11) is 3.39. The third-order valence-corrected chi connectivity index (χ3v) is 1.34. The monoisotopic (exact) mass is 153 g/mol. The molecule has 0 unspecified atom stereocenters. The van der Waals surface area contributed by atoms with Crippen LogP contribution < -0.4 is 5.73 Å². The van der Waals surface area contributed by atoms with Crippen LogP contribution in [0.25, 0.3) is 0 Å². The second-order valence-electron chi connectivity index (χ2n) is 2.55. The summed E-state index contributed by atoms with van der Waals surface area (Å²) < 4.78 is 0. The quantitative estimate of drug-likeness (QED) is 0.609. The largest absolute Gasteiger partial charge is 0.397 e. The summed E-state index contributed by atoms with van der Waals surface area (Å²) in [5, 5.41) is 0. The molecule has 60 valence electrons. The molecule has 0 aliphatic carbocycles. The molecule has 0 atom stereocenters.